The van der Waals surface area contributed by atoms with Gasteiger partial charge in [0.15, 0.2) is 0 Å². The lowest BCUT2D eigenvalue weighted by molar-refractivity contribution is -0.139. The predicted molar refractivity (Wildman–Crippen MR) is 87.0 cm³/mol. The highest BCUT2D eigenvalue weighted by Gasteiger charge is 2.25. The van der Waals surface area contributed by atoms with Gasteiger partial charge >= 0.3 is 5.97 Å². The lowest BCUT2D eigenvalue weighted by Gasteiger charge is -2.14. The molecule has 1 rings (SSSR count). The molecule has 2 N–H and O–H groups in total. The van der Waals surface area contributed by atoms with Gasteiger partial charge in [-0.25, -0.2) is 8.42 Å². The van der Waals surface area contributed by atoms with Crippen molar-refractivity contribution in [2.75, 3.05) is 18.1 Å². The van der Waals surface area contributed by atoms with E-state index in [4.69, 9.17) is 9.84 Å². The maximum atomic E-state index is 12.2. The van der Waals surface area contributed by atoms with Gasteiger partial charge in [-0.1, -0.05) is 6.92 Å². The number of hydrogen-bond acceptors (Lipinski definition) is 5. The van der Waals surface area contributed by atoms with E-state index in [1.54, 1.807) is 23.9 Å². The molecule has 22 heavy (non-hydrogen) atoms. The highest BCUT2D eigenvalue weighted by atomic mass is 32.2. The van der Waals surface area contributed by atoms with Crippen molar-refractivity contribution in [2.45, 2.75) is 31.2 Å². The maximum absolute atomic E-state index is 12.2. The van der Waals surface area contributed by atoms with Gasteiger partial charge < -0.3 is 9.84 Å². The Kier molecular flexibility index (Phi) is 7.70. The molecule has 124 valence electrons. The fourth-order valence-electron chi connectivity index (χ4n) is 1.72. The van der Waals surface area contributed by atoms with Crippen molar-refractivity contribution in [1.82, 2.24) is 4.72 Å². The number of carboxylic acids is 1. The topological polar surface area (TPSA) is 92.7 Å². The summed E-state index contributed by atoms with van der Waals surface area (Å²) in [4.78, 5) is 11.2. The first-order chi connectivity index (χ1) is 10.4. The Morgan fingerprint density at radius 1 is 1.32 bits per heavy atom. The molecular formula is C14H21NO5S2. The van der Waals surface area contributed by atoms with Gasteiger partial charge in [0.25, 0.3) is 0 Å². The van der Waals surface area contributed by atoms with E-state index in [1.165, 1.54) is 12.1 Å². The van der Waals surface area contributed by atoms with Gasteiger partial charge in [-0.15, -0.1) is 0 Å². The molecule has 0 spiro atoms. The summed E-state index contributed by atoms with van der Waals surface area (Å²) in [5, 5.41) is 9.14. The fourth-order valence-corrected chi connectivity index (χ4v) is 3.63. The first-order valence-corrected chi connectivity index (χ1v) is 9.60. The smallest absolute Gasteiger partial charge is 0.321 e. The number of carboxylic acid groups (broad SMARTS) is 1. The zero-order chi connectivity index (χ0) is 16.6. The number of ether oxygens (including phenoxy) is 1. The van der Waals surface area contributed by atoms with Crippen LogP contribution in [0.2, 0.25) is 0 Å². The molecule has 0 aliphatic carbocycles. The molecule has 1 aromatic carbocycles. The van der Waals surface area contributed by atoms with Crippen molar-refractivity contribution in [1.29, 1.82) is 0 Å². The van der Waals surface area contributed by atoms with Gasteiger partial charge in [0, 0.05) is 0 Å². The quantitative estimate of drug-likeness (QED) is 0.629. The molecule has 0 bridgehead atoms. The van der Waals surface area contributed by atoms with E-state index >= 15 is 0 Å². The van der Waals surface area contributed by atoms with Crippen molar-refractivity contribution < 1.29 is 23.1 Å². The number of thioether (sulfide) groups is 1. The highest BCUT2D eigenvalue weighted by molar-refractivity contribution is 7.99. The summed E-state index contributed by atoms with van der Waals surface area (Å²) >= 11 is 1.57. The SMILES string of the molecule is CCOc1ccc(S(=O)(=O)NC(CCSCC)C(=O)O)cc1. The highest BCUT2D eigenvalue weighted by Crippen LogP contribution is 2.17. The summed E-state index contributed by atoms with van der Waals surface area (Å²) in [5.41, 5.74) is 0. The molecule has 0 heterocycles. The van der Waals surface area contributed by atoms with Gasteiger partial charge in [-0.3, -0.25) is 4.79 Å². The number of sulfonamides is 1. The summed E-state index contributed by atoms with van der Waals surface area (Å²) in [7, 11) is -3.87. The average molecular weight is 347 g/mol. The van der Waals surface area contributed by atoms with Gasteiger partial charge in [0.2, 0.25) is 10.0 Å². The Bertz CT molecular complexity index is 571. The largest absolute Gasteiger partial charge is 0.494 e. The zero-order valence-electron chi connectivity index (χ0n) is 12.6. The van der Waals surface area contributed by atoms with E-state index in [-0.39, 0.29) is 11.3 Å². The second-order valence-electron chi connectivity index (χ2n) is 4.40. The first kappa shape index (κ1) is 18.8. The van der Waals surface area contributed by atoms with Crippen LogP contribution in [0.15, 0.2) is 29.2 Å². The lowest BCUT2D eigenvalue weighted by atomic mass is 10.2. The summed E-state index contributed by atoms with van der Waals surface area (Å²) < 4.78 is 31.9. The van der Waals surface area contributed by atoms with Gasteiger partial charge in [-0.05, 0) is 49.1 Å². The van der Waals surface area contributed by atoms with Crippen LogP contribution in [0.5, 0.6) is 5.75 Å². The van der Waals surface area contributed by atoms with Gasteiger partial charge in [0.05, 0.1) is 11.5 Å². The maximum Gasteiger partial charge on any atom is 0.321 e. The van der Waals surface area contributed by atoms with E-state index in [1.807, 2.05) is 13.8 Å². The molecule has 0 radical (unpaired) electrons. The number of carbonyl (C=O) groups is 1. The van der Waals surface area contributed by atoms with Crippen molar-refractivity contribution in [3.05, 3.63) is 24.3 Å². The van der Waals surface area contributed by atoms with Crippen LogP contribution >= 0.6 is 11.8 Å². The van der Waals surface area contributed by atoms with Crippen molar-refractivity contribution in [2.24, 2.45) is 0 Å². The van der Waals surface area contributed by atoms with E-state index in [9.17, 15) is 13.2 Å². The van der Waals surface area contributed by atoms with E-state index in [2.05, 4.69) is 4.72 Å². The molecular weight excluding hydrogens is 326 g/mol. The molecule has 0 amide bonds. The molecule has 0 aliphatic rings. The van der Waals surface area contributed by atoms with Crippen LogP contribution in [0.4, 0.5) is 0 Å². The van der Waals surface area contributed by atoms with Gasteiger partial charge in [-0.2, -0.15) is 16.5 Å². The Morgan fingerprint density at radius 2 is 1.95 bits per heavy atom. The molecule has 0 aromatic heterocycles. The number of nitrogens with one attached hydrogen (secondary N) is 1. The standard InChI is InChI=1S/C14H21NO5S2/c1-3-20-11-5-7-12(8-6-11)22(18,19)15-13(14(16)17)9-10-21-4-2/h5-8,13,15H,3-4,9-10H2,1-2H3,(H,16,17). The molecule has 0 saturated carbocycles. The summed E-state index contributed by atoms with van der Waals surface area (Å²) in [6, 6.07) is 4.75. The second kappa shape index (κ2) is 9.02. The molecule has 1 atom stereocenters. The van der Waals surface area contributed by atoms with Crippen LogP contribution in [0, 0.1) is 0 Å². The van der Waals surface area contributed by atoms with Gasteiger partial charge in [0.1, 0.15) is 11.8 Å². The average Bonchev–Trinajstić information content (AvgIpc) is 2.47. The van der Waals surface area contributed by atoms with Crippen LogP contribution < -0.4 is 9.46 Å². The minimum atomic E-state index is -3.87. The number of benzene rings is 1. The fraction of sp³-hybridized carbons (Fsp3) is 0.500. The third kappa shape index (κ3) is 5.86. The van der Waals surface area contributed by atoms with Crippen LogP contribution in [-0.2, 0) is 14.8 Å². The Balaban J connectivity index is 2.80. The molecule has 1 unspecified atom stereocenters. The van der Waals surface area contributed by atoms with Crippen molar-refractivity contribution >= 4 is 27.8 Å². The zero-order valence-corrected chi connectivity index (χ0v) is 14.2. The number of aliphatic carboxylic acids is 1. The van der Waals surface area contributed by atoms with Crippen LogP contribution in [0.3, 0.4) is 0 Å². The molecule has 0 aliphatic heterocycles. The third-order valence-corrected chi connectivity index (χ3v) is 5.22. The van der Waals surface area contributed by atoms with E-state index in [0.717, 1.165) is 5.75 Å². The Labute approximate surface area is 135 Å². The lowest BCUT2D eigenvalue weighted by Crippen LogP contribution is -2.41. The number of rotatable bonds is 10. The minimum absolute atomic E-state index is 0.0188. The minimum Gasteiger partial charge on any atom is -0.494 e. The van der Waals surface area contributed by atoms with E-state index < -0.39 is 22.0 Å². The number of hydrogen-bond donors (Lipinski definition) is 2. The monoisotopic (exact) mass is 347 g/mol. The molecule has 0 saturated heterocycles. The predicted octanol–water partition coefficient (Wildman–Crippen LogP) is 1.96. The van der Waals surface area contributed by atoms with Crippen LogP contribution in [0.25, 0.3) is 0 Å². The second-order valence-corrected chi connectivity index (χ2v) is 7.51. The summed E-state index contributed by atoms with van der Waals surface area (Å²) in [5.74, 6) is 0.832. The molecule has 6 nitrogen and oxygen atoms in total. The van der Waals surface area contributed by atoms with Crippen LogP contribution in [0.1, 0.15) is 20.3 Å². The third-order valence-electron chi connectivity index (χ3n) is 2.80. The molecule has 8 heteroatoms. The summed E-state index contributed by atoms with van der Waals surface area (Å²) in [6.07, 6.45) is 0.240. The van der Waals surface area contributed by atoms with E-state index in [0.29, 0.717) is 18.1 Å². The molecule has 0 fully saturated rings. The van der Waals surface area contributed by atoms with Crippen molar-refractivity contribution in [3.8, 4) is 5.75 Å². The normalized spacial score (nSPS) is 12.8. The Morgan fingerprint density at radius 3 is 2.45 bits per heavy atom. The Hall–Kier alpha value is -1.25. The first-order valence-electron chi connectivity index (χ1n) is 6.96. The van der Waals surface area contributed by atoms with Crippen LogP contribution in [-0.4, -0.2) is 43.6 Å². The summed E-state index contributed by atoms with van der Waals surface area (Å²) in [6.45, 7) is 4.28. The molecule has 1 aromatic rings. The van der Waals surface area contributed by atoms with Crippen molar-refractivity contribution in [3.63, 3.8) is 0 Å².